The Morgan fingerprint density at radius 2 is 1.57 bits per heavy atom. The van der Waals surface area contributed by atoms with E-state index in [0.717, 1.165) is 32.7 Å². The first-order chi connectivity index (χ1) is 11.3. The van der Waals surface area contributed by atoms with Gasteiger partial charge in [-0.25, -0.2) is 4.39 Å². The first kappa shape index (κ1) is 16.1. The van der Waals surface area contributed by atoms with Gasteiger partial charge in [0, 0.05) is 44.8 Å². The minimum atomic E-state index is -0.158. The molecule has 2 aromatic rings. The van der Waals surface area contributed by atoms with Crippen LogP contribution in [0.3, 0.4) is 0 Å². The summed E-state index contributed by atoms with van der Waals surface area (Å²) >= 11 is 0. The summed E-state index contributed by atoms with van der Waals surface area (Å²) in [4.78, 5) is 4.75. The summed E-state index contributed by atoms with van der Waals surface area (Å²) in [5.74, 6) is -0.158. The van der Waals surface area contributed by atoms with E-state index in [4.69, 9.17) is 5.73 Å². The lowest BCUT2D eigenvalue weighted by atomic mass is 10.0. The Hall–Kier alpha value is -1.75. The summed E-state index contributed by atoms with van der Waals surface area (Å²) in [5, 5.41) is 0. The maximum atomic E-state index is 14.1. The smallest absolute Gasteiger partial charge is 0.128 e. The average molecular weight is 313 g/mol. The fourth-order valence-corrected chi connectivity index (χ4v) is 3.29. The highest BCUT2D eigenvalue weighted by molar-refractivity contribution is 5.22. The normalized spacial score (nSPS) is 18.0. The molecule has 2 aromatic carbocycles. The Kier molecular flexibility index (Phi) is 5.39. The Labute approximate surface area is 137 Å². The Morgan fingerprint density at radius 1 is 0.913 bits per heavy atom. The van der Waals surface area contributed by atoms with Gasteiger partial charge in [0.25, 0.3) is 0 Å². The van der Waals surface area contributed by atoms with E-state index in [1.165, 1.54) is 11.6 Å². The molecule has 1 heterocycles. The number of hydrogen-bond donors (Lipinski definition) is 1. The molecule has 3 rings (SSSR count). The van der Waals surface area contributed by atoms with E-state index in [2.05, 4.69) is 34.1 Å². The van der Waals surface area contributed by atoms with Gasteiger partial charge < -0.3 is 5.73 Å². The standard InChI is InChI=1S/C19H24FN3/c20-18-9-5-4-8-17(18)19(14-21)23-12-10-22(11-13-23)15-16-6-2-1-3-7-16/h1-9,19H,10-15,21H2/t19-/m0/s1. The summed E-state index contributed by atoms with van der Waals surface area (Å²) in [6.07, 6.45) is 0. The summed E-state index contributed by atoms with van der Waals surface area (Å²) in [6.45, 7) is 5.23. The highest BCUT2D eigenvalue weighted by atomic mass is 19.1. The molecule has 0 radical (unpaired) electrons. The van der Waals surface area contributed by atoms with E-state index in [9.17, 15) is 4.39 Å². The maximum Gasteiger partial charge on any atom is 0.128 e. The molecule has 0 saturated carbocycles. The van der Waals surface area contributed by atoms with Crippen LogP contribution in [0.2, 0.25) is 0 Å². The lowest BCUT2D eigenvalue weighted by Crippen LogP contribution is -2.48. The van der Waals surface area contributed by atoms with Gasteiger partial charge in [-0.15, -0.1) is 0 Å². The van der Waals surface area contributed by atoms with Gasteiger partial charge in [0.15, 0.2) is 0 Å². The predicted molar refractivity (Wildman–Crippen MR) is 91.5 cm³/mol. The van der Waals surface area contributed by atoms with E-state index in [0.29, 0.717) is 12.1 Å². The van der Waals surface area contributed by atoms with Crippen LogP contribution >= 0.6 is 0 Å². The van der Waals surface area contributed by atoms with Crippen LogP contribution in [-0.2, 0) is 6.54 Å². The van der Waals surface area contributed by atoms with Gasteiger partial charge in [-0.3, -0.25) is 9.80 Å². The third-order valence-electron chi connectivity index (χ3n) is 4.58. The number of nitrogens with two attached hydrogens (primary N) is 1. The molecule has 0 unspecified atom stereocenters. The van der Waals surface area contributed by atoms with Crippen LogP contribution in [0.15, 0.2) is 54.6 Å². The number of nitrogens with zero attached hydrogens (tertiary/aromatic N) is 2. The molecule has 2 N–H and O–H groups in total. The molecule has 0 spiro atoms. The van der Waals surface area contributed by atoms with Gasteiger partial charge in [0.2, 0.25) is 0 Å². The second-order valence-electron chi connectivity index (χ2n) is 6.07. The van der Waals surface area contributed by atoms with Crippen molar-refractivity contribution in [3.05, 3.63) is 71.5 Å². The van der Waals surface area contributed by atoms with Crippen LogP contribution in [0.5, 0.6) is 0 Å². The molecule has 1 fully saturated rings. The lowest BCUT2D eigenvalue weighted by molar-refractivity contribution is 0.0928. The van der Waals surface area contributed by atoms with Crippen LogP contribution in [0.1, 0.15) is 17.2 Å². The van der Waals surface area contributed by atoms with Crippen LogP contribution < -0.4 is 5.73 Å². The molecule has 4 heteroatoms. The first-order valence-electron chi connectivity index (χ1n) is 8.23. The zero-order chi connectivity index (χ0) is 16.1. The molecular formula is C19H24FN3. The van der Waals surface area contributed by atoms with Crippen LogP contribution in [-0.4, -0.2) is 42.5 Å². The van der Waals surface area contributed by atoms with Gasteiger partial charge in [-0.1, -0.05) is 48.5 Å². The topological polar surface area (TPSA) is 32.5 Å². The molecule has 0 aliphatic carbocycles. The zero-order valence-electron chi connectivity index (χ0n) is 13.4. The quantitative estimate of drug-likeness (QED) is 0.921. The molecule has 0 bridgehead atoms. The molecule has 1 aliphatic rings. The van der Waals surface area contributed by atoms with Crippen molar-refractivity contribution in [1.82, 2.24) is 9.80 Å². The van der Waals surface area contributed by atoms with Crippen molar-refractivity contribution in [3.8, 4) is 0 Å². The number of halogens is 1. The number of piperazine rings is 1. The highest BCUT2D eigenvalue weighted by Gasteiger charge is 2.25. The minimum absolute atomic E-state index is 0.0323. The van der Waals surface area contributed by atoms with Gasteiger partial charge >= 0.3 is 0 Å². The number of rotatable bonds is 5. The van der Waals surface area contributed by atoms with Crippen molar-refractivity contribution in [2.75, 3.05) is 32.7 Å². The Morgan fingerprint density at radius 3 is 2.22 bits per heavy atom. The molecule has 1 saturated heterocycles. The van der Waals surface area contributed by atoms with E-state index in [1.807, 2.05) is 18.2 Å². The van der Waals surface area contributed by atoms with Crippen molar-refractivity contribution in [2.45, 2.75) is 12.6 Å². The van der Waals surface area contributed by atoms with Crippen molar-refractivity contribution in [3.63, 3.8) is 0 Å². The summed E-state index contributed by atoms with van der Waals surface area (Å²) in [7, 11) is 0. The van der Waals surface area contributed by atoms with Gasteiger partial charge in [0.05, 0.1) is 6.04 Å². The molecule has 23 heavy (non-hydrogen) atoms. The molecule has 3 nitrogen and oxygen atoms in total. The lowest BCUT2D eigenvalue weighted by Gasteiger charge is -2.39. The zero-order valence-corrected chi connectivity index (χ0v) is 13.4. The van der Waals surface area contributed by atoms with Crippen molar-refractivity contribution in [2.24, 2.45) is 5.73 Å². The maximum absolute atomic E-state index is 14.1. The summed E-state index contributed by atoms with van der Waals surface area (Å²) in [5.41, 5.74) is 7.99. The Bertz CT molecular complexity index is 609. The second-order valence-corrected chi connectivity index (χ2v) is 6.07. The average Bonchev–Trinajstić information content (AvgIpc) is 2.59. The summed E-state index contributed by atoms with van der Waals surface area (Å²) < 4.78 is 14.1. The third kappa shape index (κ3) is 3.96. The van der Waals surface area contributed by atoms with Crippen molar-refractivity contribution in [1.29, 1.82) is 0 Å². The molecular weight excluding hydrogens is 289 g/mol. The predicted octanol–water partition coefficient (Wildman–Crippen LogP) is 2.64. The van der Waals surface area contributed by atoms with Crippen molar-refractivity contribution >= 4 is 0 Å². The van der Waals surface area contributed by atoms with Crippen LogP contribution in [0, 0.1) is 5.82 Å². The second kappa shape index (κ2) is 7.68. The molecule has 0 amide bonds. The highest BCUT2D eigenvalue weighted by Crippen LogP contribution is 2.24. The SMILES string of the molecule is NC[C@@H](c1ccccc1F)N1CCN(Cc2ccccc2)CC1. The third-order valence-corrected chi connectivity index (χ3v) is 4.58. The molecule has 0 aromatic heterocycles. The monoisotopic (exact) mass is 313 g/mol. The Balaban J connectivity index is 1.60. The number of benzene rings is 2. The summed E-state index contributed by atoms with van der Waals surface area (Å²) in [6, 6.07) is 17.5. The molecule has 122 valence electrons. The van der Waals surface area contributed by atoms with Gasteiger partial charge in [0.1, 0.15) is 5.82 Å². The van der Waals surface area contributed by atoms with E-state index < -0.39 is 0 Å². The van der Waals surface area contributed by atoms with Crippen LogP contribution in [0.25, 0.3) is 0 Å². The number of hydrogen-bond acceptors (Lipinski definition) is 3. The van der Waals surface area contributed by atoms with Gasteiger partial charge in [-0.05, 0) is 11.6 Å². The molecule has 1 atom stereocenters. The van der Waals surface area contributed by atoms with Crippen LogP contribution in [0.4, 0.5) is 4.39 Å². The van der Waals surface area contributed by atoms with E-state index in [-0.39, 0.29) is 11.9 Å². The fourth-order valence-electron chi connectivity index (χ4n) is 3.29. The molecule has 1 aliphatic heterocycles. The minimum Gasteiger partial charge on any atom is -0.329 e. The first-order valence-corrected chi connectivity index (χ1v) is 8.23. The fraction of sp³-hybridized carbons (Fsp3) is 0.368. The van der Waals surface area contributed by atoms with E-state index in [1.54, 1.807) is 6.07 Å². The largest absolute Gasteiger partial charge is 0.329 e. The van der Waals surface area contributed by atoms with E-state index >= 15 is 0 Å². The van der Waals surface area contributed by atoms with Gasteiger partial charge in [-0.2, -0.15) is 0 Å². The van der Waals surface area contributed by atoms with Crippen molar-refractivity contribution < 1.29 is 4.39 Å².